The number of likely N-dealkylation sites (tertiary alicyclic amines) is 2. The van der Waals surface area contributed by atoms with Crippen LogP contribution in [0.2, 0.25) is 0 Å². The van der Waals surface area contributed by atoms with E-state index in [9.17, 15) is 4.79 Å². The maximum absolute atomic E-state index is 12.9. The van der Waals surface area contributed by atoms with Crippen LogP contribution < -0.4 is 4.74 Å². The van der Waals surface area contributed by atoms with Crippen molar-refractivity contribution in [2.45, 2.75) is 50.5 Å². The molecule has 2 aliphatic rings. The number of carbonyl (C=O) groups excluding carboxylic acids is 1. The number of carbonyl (C=O) groups is 1. The third-order valence-corrected chi connectivity index (χ3v) is 5.69. The average molecular weight is 330 g/mol. The first-order valence-electron chi connectivity index (χ1n) is 9.32. The Morgan fingerprint density at radius 3 is 2.54 bits per heavy atom. The second-order valence-corrected chi connectivity index (χ2v) is 7.19. The highest BCUT2D eigenvalue weighted by molar-refractivity contribution is 5.82. The molecule has 1 amide bonds. The van der Waals surface area contributed by atoms with E-state index in [1.54, 1.807) is 7.11 Å². The molecule has 0 bridgehead atoms. The van der Waals surface area contributed by atoms with E-state index < -0.39 is 0 Å². The zero-order chi connectivity index (χ0) is 16.9. The van der Waals surface area contributed by atoms with Crippen LogP contribution in [0.5, 0.6) is 5.75 Å². The summed E-state index contributed by atoms with van der Waals surface area (Å²) >= 11 is 0. The van der Waals surface area contributed by atoms with Gasteiger partial charge < -0.3 is 9.64 Å². The van der Waals surface area contributed by atoms with Gasteiger partial charge in [-0.3, -0.25) is 9.69 Å². The van der Waals surface area contributed by atoms with Crippen molar-refractivity contribution in [3.05, 3.63) is 29.8 Å². The average Bonchev–Trinajstić information content (AvgIpc) is 2.85. The summed E-state index contributed by atoms with van der Waals surface area (Å²) in [5.74, 6) is 1.82. The van der Waals surface area contributed by atoms with Crippen LogP contribution in [0.1, 0.15) is 50.0 Å². The van der Waals surface area contributed by atoms with Crippen LogP contribution in [0.4, 0.5) is 0 Å². The lowest BCUT2D eigenvalue weighted by Gasteiger charge is -2.36. The fourth-order valence-electron chi connectivity index (χ4n) is 4.19. The van der Waals surface area contributed by atoms with E-state index in [0.29, 0.717) is 11.8 Å². The van der Waals surface area contributed by atoms with Gasteiger partial charge in [0.1, 0.15) is 5.75 Å². The molecule has 1 atom stereocenters. The molecule has 2 heterocycles. The Kier molecular flexibility index (Phi) is 5.77. The Morgan fingerprint density at radius 1 is 1.04 bits per heavy atom. The molecule has 2 saturated heterocycles. The first kappa shape index (κ1) is 17.3. The van der Waals surface area contributed by atoms with Gasteiger partial charge in [0.2, 0.25) is 5.91 Å². The zero-order valence-electron chi connectivity index (χ0n) is 15.0. The number of benzene rings is 1. The van der Waals surface area contributed by atoms with Crippen molar-refractivity contribution < 1.29 is 9.53 Å². The van der Waals surface area contributed by atoms with Gasteiger partial charge >= 0.3 is 0 Å². The monoisotopic (exact) mass is 330 g/mol. The maximum Gasteiger partial charge on any atom is 0.239 e. The molecule has 0 saturated carbocycles. The Balaban J connectivity index is 1.61. The number of likely N-dealkylation sites (N-methyl/N-ethyl adjacent to an activating group) is 1. The van der Waals surface area contributed by atoms with Crippen LogP contribution >= 0.6 is 0 Å². The minimum Gasteiger partial charge on any atom is -0.496 e. The highest BCUT2D eigenvalue weighted by atomic mass is 16.5. The predicted octanol–water partition coefficient (Wildman–Crippen LogP) is 3.28. The first-order chi connectivity index (χ1) is 11.7. The Morgan fingerprint density at radius 2 is 1.79 bits per heavy atom. The quantitative estimate of drug-likeness (QED) is 0.853. The van der Waals surface area contributed by atoms with Crippen molar-refractivity contribution in [3.63, 3.8) is 0 Å². The molecule has 0 aliphatic carbocycles. The molecule has 0 radical (unpaired) electrons. The number of piperidine rings is 1. The number of para-hydroxylation sites is 1. The molecule has 0 N–H and O–H groups in total. The zero-order valence-corrected chi connectivity index (χ0v) is 15.0. The van der Waals surface area contributed by atoms with Crippen LogP contribution in [0, 0.1) is 0 Å². The molecular weight excluding hydrogens is 300 g/mol. The summed E-state index contributed by atoms with van der Waals surface area (Å²) in [6.45, 7) is 2.78. The number of amides is 1. The molecule has 3 rings (SSSR count). The molecule has 24 heavy (non-hydrogen) atoms. The standard InChI is InChI=1S/C20H30N2O2/c1-21-13-7-3-4-9-18(21)20(23)22-14-11-16(12-15-22)17-8-5-6-10-19(17)24-2/h5-6,8,10,16,18H,3-4,7,9,11-15H2,1-2H3/t18-/m1/s1. The number of hydrogen-bond acceptors (Lipinski definition) is 3. The fourth-order valence-corrected chi connectivity index (χ4v) is 4.19. The van der Waals surface area contributed by atoms with Crippen LogP contribution in [0.15, 0.2) is 24.3 Å². The highest BCUT2D eigenvalue weighted by Crippen LogP contribution is 2.34. The topological polar surface area (TPSA) is 32.8 Å². The molecule has 0 spiro atoms. The van der Waals surface area contributed by atoms with Crippen LogP contribution in [-0.2, 0) is 4.79 Å². The third kappa shape index (κ3) is 3.75. The van der Waals surface area contributed by atoms with E-state index in [-0.39, 0.29) is 6.04 Å². The normalized spacial score (nSPS) is 23.8. The summed E-state index contributed by atoms with van der Waals surface area (Å²) in [6.07, 6.45) is 6.73. The van der Waals surface area contributed by atoms with Crippen molar-refractivity contribution in [1.29, 1.82) is 0 Å². The van der Waals surface area contributed by atoms with Crippen LogP contribution in [0.25, 0.3) is 0 Å². The number of hydrogen-bond donors (Lipinski definition) is 0. The van der Waals surface area contributed by atoms with Gasteiger partial charge in [-0.15, -0.1) is 0 Å². The maximum atomic E-state index is 12.9. The second-order valence-electron chi connectivity index (χ2n) is 7.19. The lowest BCUT2D eigenvalue weighted by Crippen LogP contribution is -2.49. The van der Waals surface area contributed by atoms with E-state index in [2.05, 4.69) is 29.0 Å². The Hall–Kier alpha value is -1.55. The number of ether oxygens (including phenoxy) is 1. The van der Waals surface area contributed by atoms with Crippen molar-refractivity contribution in [2.24, 2.45) is 0 Å². The summed E-state index contributed by atoms with van der Waals surface area (Å²) < 4.78 is 5.51. The SMILES string of the molecule is COc1ccccc1C1CCN(C(=O)[C@H]2CCCCCN2C)CC1. The molecule has 4 heteroatoms. The van der Waals surface area contributed by atoms with Gasteiger partial charge in [-0.05, 0) is 56.8 Å². The predicted molar refractivity (Wildman–Crippen MR) is 96.4 cm³/mol. The van der Waals surface area contributed by atoms with E-state index in [0.717, 1.165) is 44.6 Å². The molecule has 2 fully saturated rings. The highest BCUT2D eigenvalue weighted by Gasteiger charge is 2.32. The molecule has 0 unspecified atom stereocenters. The van der Waals surface area contributed by atoms with Gasteiger partial charge in [0.25, 0.3) is 0 Å². The summed E-state index contributed by atoms with van der Waals surface area (Å²) in [5, 5.41) is 0. The summed E-state index contributed by atoms with van der Waals surface area (Å²) in [5.41, 5.74) is 1.29. The fraction of sp³-hybridized carbons (Fsp3) is 0.650. The van der Waals surface area contributed by atoms with Gasteiger partial charge in [0, 0.05) is 13.1 Å². The van der Waals surface area contributed by atoms with E-state index in [1.165, 1.54) is 24.8 Å². The minimum atomic E-state index is 0.0929. The summed E-state index contributed by atoms with van der Waals surface area (Å²) in [6, 6.07) is 8.39. The Labute approximate surface area is 145 Å². The molecule has 132 valence electrons. The van der Waals surface area contributed by atoms with Gasteiger partial charge in [-0.1, -0.05) is 31.0 Å². The molecule has 1 aromatic rings. The minimum absolute atomic E-state index is 0.0929. The van der Waals surface area contributed by atoms with E-state index in [1.807, 2.05) is 12.1 Å². The van der Waals surface area contributed by atoms with E-state index in [4.69, 9.17) is 4.74 Å². The van der Waals surface area contributed by atoms with Crippen molar-refractivity contribution >= 4 is 5.91 Å². The first-order valence-corrected chi connectivity index (χ1v) is 9.32. The van der Waals surface area contributed by atoms with Gasteiger partial charge in [-0.2, -0.15) is 0 Å². The smallest absolute Gasteiger partial charge is 0.239 e. The number of methoxy groups -OCH3 is 1. The number of rotatable bonds is 3. The largest absolute Gasteiger partial charge is 0.496 e. The van der Waals surface area contributed by atoms with E-state index >= 15 is 0 Å². The summed E-state index contributed by atoms with van der Waals surface area (Å²) in [4.78, 5) is 17.3. The lowest BCUT2D eigenvalue weighted by molar-refractivity contribution is -0.137. The summed E-state index contributed by atoms with van der Waals surface area (Å²) in [7, 11) is 3.84. The second kappa shape index (κ2) is 8.02. The molecule has 1 aromatic carbocycles. The van der Waals surface area contributed by atoms with Crippen LogP contribution in [-0.4, -0.2) is 55.5 Å². The van der Waals surface area contributed by atoms with Crippen molar-refractivity contribution in [3.8, 4) is 5.75 Å². The van der Waals surface area contributed by atoms with Crippen molar-refractivity contribution in [1.82, 2.24) is 9.80 Å². The van der Waals surface area contributed by atoms with Gasteiger partial charge in [0.15, 0.2) is 0 Å². The third-order valence-electron chi connectivity index (χ3n) is 5.69. The molecule has 2 aliphatic heterocycles. The van der Waals surface area contributed by atoms with Gasteiger partial charge in [0.05, 0.1) is 13.2 Å². The molecular formula is C20H30N2O2. The van der Waals surface area contributed by atoms with Crippen LogP contribution in [0.3, 0.4) is 0 Å². The van der Waals surface area contributed by atoms with Crippen molar-refractivity contribution in [2.75, 3.05) is 33.8 Å². The lowest BCUT2D eigenvalue weighted by atomic mass is 9.88. The molecule has 4 nitrogen and oxygen atoms in total. The number of nitrogens with zero attached hydrogens (tertiary/aromatic N) is 2. The molecule has 0 aromatic heterocycles. The Bertz CT molecular complexity index is 552. The van der Waals surface area contributed by atoms with Gasteiger partial charge in [-0.25, -0.2) is 0 Å².